The largest absolute Gasteiger partial charge is 0.506 e. The summed E-state index contributed by atoms with van der Waals surface area (Å²) in [4.78, 5) is 0. The number of rotatable bonds is 0. The highest BCUT2D eigenvalue weighted by molar-refractivity contribution is 6.47. The maximum absolute atomic E-state index is 9.03. The summed E-state index contributed by atoms with van der Waals surface area (Å²) < 4.78 is 0. The van der Waals surface area contributed by atoms with Crippen molar-refractivity contribution in [2.75, 3.05) is 0 Å². The van der Waals surface area contributed by atoms with Crippen LogP contribution in [0.1, 0.15) is 0 Å². The van der Waals surface area contributed by atoms with Crippen LogP contribution < -0.4 is 0 Å². The van der Waals surface area contributed by atoms with Crippen LogP contribution in [0.5, 0.6) is 5.75 Å². The maximum atomic E-state index is 9.03. The summed E-state index contributed by atoms with van der Waals surface area (Å²) in [6.07, 6.45) is 0. The molecule has 2 aliphatic carbocycles. The van der Waals surface area contributed by atoms with Crippen molar-refractivity contribution in [2.24, 2.45) is 0 Å². The molecule has 0 radical (unpaired) electrons. The van der Waals surface area contributed by atoms with Gasteiger partial charge >= 0.3 is 0 Å². The average Bonchev–Trinajstić information content (AvgIpc) is 2.56. The standard InChI is InChI=1S/C6H2Cl2O/c7-4-2-1-3(2)6(9)5(4)8/h1,9H. The molecule has 0 amide bonds. The van der Waals surface area contributed by atoms with Gasteiger partial charge in [-0.15, -0.1) is 0 Å². The lowest BCUT2D eigenvalue weighted by molar-refractivity contribution is 0.480. The third kappa shape index (κ3) is 0.511. The van der Waals surface area contributed by atoms with E-state index in [4.69, 9.17) is 28.3 Å². The minimum Gasteiger partial charge on any atom is -0.506 e. The van der Waals surface area contributed by atoms with Crippen molar-refractivity contribution in [2.45, 2.75) is 0 Å². The summed E-state index contributed by atoms with van der Waals surface area (Å²) in [6.45, 7) is 0. The van der Waals surface area contributed by atoms with Gasteiger partial charge in [0.1, 0.15) is 10.8 Å². The molecule has 0 saturated carbocycles. The van der Waals surface area contributed by atoms with Gasteiger partial charge in [0.15, 0.2) is 0 Å². The average molecular weight is 161 g/mol. The van der Waals surface area contributed by atoms with Crippen LogP contribution in [0.25, 0.3) is 11.1 Å². The molecule has 0 aliphatic heterocycles. The molecule has 0 aromatic carbocycles. The monoisotopic (exact) mass is 160 g/mol. The summed E-state index contributed by atoms with van der Waals surface area (Å²) in [7, 11) is 0. The van der Waals surface area contributed by atoms with Crippen molar-refractivity contribution in [1.82, 2.24) is 0 Å². The zero-order valence-corrected chi connectivity index (χ0v) is 5.79. The van der Waals surface area contributed by atoms with Crippen molar-refractivity contribution in [3.05, 3.63) is 16.1 Å². The van der Waals surface area contributed by atoms with Gasteiger partial charge in [0.2, 0.25) is 0 Å². The third-order valence-electron chi connectivity index (χ3n) is 1.39. The minimum absolute atomic E-state index is 0.122. The van der Waals surface area contributed by atoms with E-state index >= 15 is 0 Å². The van der Waals surface area contributed by atoms with Crippen LogP contribution in [0.4, 0.5) is 0 Å². The molecule has 0 atom stereocenters. The summed E-state index contributed by atoms with van der Waals surface area (Å²) in [5.41, 5.74) is 1.68. The third-order valence-corrected chi connectivity index (χ3v) is 2.25. The number of hydrogen-bond acceptors (Lipinski definition) is 1. The van der Waals surface area contributed by atoms with Crippen LogP contribution in [-0.2, 0) is 0 Å². The highest BCUT2D eigenvalue weighted by Crippen LogP contribution is 2.55. The second-order valence-electron chi connectivity index (χ2n) is 1.95. The summed E-state index contributed by atoms with van der Waals surface area (Å²) in [5.74, 6) is 0.122. The number of fused-ring (bicyclic) bond motifs is 1. The number of hydrogen-bond donors (Lipinski definition) is 1. The van der Waals surface area contributed by atoms with Crippen LogP contribution in [0.15, 0.2) is 6.07 Å². The number of benzene rings is 1. The lowest BCUT2D eigenvalue weighted by Gasteiger charge is -1.84. The van der Waals surface area contributed by atoms with Crippen molar-refractivity contribution >= 4 is 23.2 Å². The molecule has 2 aliphatic rings. The highest BCUT2D eigenvalue weighted by atomic mass is 35.5. The Morgan fingerprint density at radius 2 is 1.78 bits per heavy atom. The Kier molecular flexibility index (Phi) is 0.815. The lowest BCUT2D eigenvalue weighted by atomic mass is 10.5. The zero-order chi connectivity index (χ0) is 6.59. The molecule has 0 bridgehead atoms. The second-order valence-corrected chi connectivity index (χ2v) is 2.70. The first kappa shape index (κ1) is 5.39. The van der Waals surface area contributed by atoms with E-state index in [0.717, 1.165) is 11.1 Å². The van der Waals surface area contributed by atoms with Gasteiger partial charge < -0.3 is 5.11 Å². The van der Waals surface area contributed by atoms with Gasteiger partial charge in [0.05, 0.1) is 5.02 Å². The van der Waals surface area contributed by atoms with E-state index in [1.54, 1.807) is 6.07 Å². The molecule has 0 saturated heterocycles. The second kappa shape index (κ2) is 1.36. The molecule has 1 nitrogen and oxygen atoms in total. The molecular weight excluding hydrogens is 159 g/mol. The molecule has 9 heavy (non-hydrogen) atoms. The van der Waals surface area contributed by atoms with E-state index < -0.39 is 0 Å². The minimum atomic E-state index is 0.122. The molecule has 3 heteroatoms. The number of phenolic OH excluding ortho intramolecular Hbond substituents is 1. The highest BCUT2D eigenvalue weighted by Gasteiger charge is 2.27. The topological polar surface area (TPSA) is 20.2 Å². The first-order chi connectivity index (χ1) is 4.22. The van der Waals surface area contributed by atoms with Crippen LogP contribution in [0.2, 0.25) is 10.0 Å². The molecule has 0 spiro atoms. The molecule has 0 aromatic heterocycles. The van der Waals surface area contributed by atoms with E-state index in [9.17, 15) is 0 Å². The van der Waals surface area contributed by atoms with Gasteiger partial charge in [-0.1, -0.05) is 23.2 Å². The molecule has 0 heterocycles. The molecule has 0 fully saturated rings. The fourth-order valence-corrected chi connectivity index (χ4v) is 1.28. The van der Waals surface area contributed by atoms with E-state index in [-0.39, 0.29) is 10.8 Å². The van der Waals surface area contributed by atoms with Gasteiger partial charge in [-0.2, -0.15) is 0 Å². The fourth-order valence-electron chi connectivity index (χ4n) is 0.826. The Hall–Kier alpha value is -0.400. The maximum Gasteiger partial charge on any atom is 0.143 e. The molecule has 1 N–H and O–H groups in total. The van der Waals surface area contributed by atoms with Gasteiger partial charge in [-0.25, -0.2) is 0 Å². The van der Waals surface area contributed by atoms with Gasteiger partial charge in [-0.3, -0.25) is 0 Å². The summed E-state index contributed by atoms with van der Waals surface area (Å²) >= 11 is 11.2. The number of halogens is 2. The summed E-state index contributed by atoms with van der Waals surface area (Å²) in [5, 5.41) is 9.79. The quantitative estimate of drug-likeness (QED) is 0.629. The Labute approximate surface area is 61.8 Å². The van der Waals surface area contributed by atoms with E-state index in [1.165, 1.54) is 0 Å². The molecule has 0 aromatic rings. The Morgan fingerprint density at radius 3 is 2.00 bits per heavy atom. The van der Waals surface area contributed by atoms with Crippen LogP contribution >= 0.6 is 23.2 Å². The molecule has 0 unspecified atom stereocenters. The van der Waals surface area contributed by atoms with E-state index in [0.29, 0.717) is 5.02 Å². The van der Waals surface area contributed by atoms with Crippen LogP contribution in [-0.4, -0.2) is 5.11 Å². The van der Waals surface area contributed by atoms with Gasteiger partial charge in [-0.05, 0) is 6.07 Å². The van der Waals surface area contributed by atoms with E-state index in [2.05, 4.69) is 0 Å². The van der Waals surface area contributed by atoms with E-state index in [1.807, 2.05) is 0 Å². The molecule has 46 valence electrons. The Bertz CT molecular complexity index is 267. The predicted molar refractivity (Wildman–Crippen MR) is 37.1 cm³/mol. The Morgan fingerprint density at radius 1 is 1.11 bits per heavy atom. The number of aromatic hydroxyl groups is 1. The predicted octanol–water partition coefficient (Wildman–Crippen LogP) is 2.68. The summed E-state index contributed by atoms with van der Waals surface area (Å²) in [6, 6.07) is 1.80. The van der Waals surface area contributed by atoms with Crippen LogP contribution in [0.3, 0.4) is 0 Å². The van der Waals surface area contributed by atoms with Crippen LogP contribution in [0, 0.1) is 0 Å². The van der Waals surface area contributed by atoms with Crippen molar-refractivity contribution in [3.8, 4) is 16.9 Å². The SMILES string of the molecule is Oc1c2cc-2c(Cl)c1Cl. The first-order valence-corrected chi connectivity index (χ1v) is 3.18. The van der Waals surface area contributed by atoms with Gasteiger partial charge in [0, 0.05) is 11.1 Å². The van der Waals surface area contributed by atoms with Crippen molar-refractivity contribution < 1.29 is 5.11 Å². The normalized spacial score (nSPS) is 11.8. The fraction of sp³-hybridized carbons (Fsp3) is 0. The Balaban J connectivity index is 2.76. The van der Waals surface area contributed by atoms with Crippen molar-refractivity contribution in [1.29, 1.82) is 0 Å². The number of phenols is 1. The molecule has 2 rings (SSSR count). The lowest BCUT2D eigenvalue weighted by Crippen LogP contribution is -1.55. The smallest absolute Gasteiger partial charge is 0.143 e. The first-order valence-electron chi connectivity index (χ1n) is 2.43. The zero-order valence-electron chi connectivity index (χ0n) is 4.28. The molecular formula is C6H2Cl2O. The van der Waals surface area contributed by atoms with Gasteiger partial charge in [0.25, 0.3) is 0 Å². The van der Waals surface area contributed by atoms with Crippen molar-refractivity contribution in [3.63, 3.8) is 0 Å².